The average molecular weight is 278 g/mol. The standard InChI is InChI=1S/C15H16F2N2O/c1-10-2-4-11(5-3-10)13-18-14(20-19-13)12-6-8-15(16,17)9-7-12/h2-5,12H,6-9H2,1H3. The van der Waals surface area contributed by atoms with E-state index in [1.165, 1.54) is 0 Å². The molecule has 20 heavy (non-hydrogen) atoms. The molecule has 106 valence electrons. The summed E-state index contributed by atoms with van der Waals surface area (Å²) in [6, 6.07) is 7.82. The zero-order valence-corrected chi connectivity index (χ0v) is 11.3. The van der Waals surface area contributed by atoms with Crippen molar-refractivity contribution in [2.75, 3.05) is 0 Å². The Kier molecular flexibility index (Phi) is 3.28. The Morgan fingerprint density at radius 2 is 1.80 bits per heavy atom. The second-order valence-electron chi connectivity index (χ2n) is 5.45. The van der Waals surface area contributed by atoms with Crippen LogP contribution in [0.2, 0.25) is 0 Å². The first-order valence-electron chi connectivity index (χ1n) is 6.82. The molecule has 1 aliphatic carbocycles. The molecular weight excluding hydrogens is 262 g/mol. The van der Waals surface area contributed by atoms with Gasteiger partial charge >= 0.3 is 0 Å². The van der Waals surface area contributed by atoms with Gasteiger partial charge in [0, 0.05) is 24.3 Å². The van der Waals surface area contributed by atoms with E-state index in [4.69, 9.17) is 4.52 Å². The van der Waals surface area contributed by atoms with Crippen molar-refractivity contribution >= 4 is 0 Å². The van der Waals surface area contributed by atoms with Crippen molar-refractivity contribution in [1.29, 1.82) is 0 Å². The van der Waals surface area contributed by atoms with Gasteiger partial charge in [0.1, 0.15) is 0 Å². The van der Waals surface area contributed by atoms with Crippen LogP contribution < -0.4 is 0 Å². The summed E-state index contributed by atoms with van der Waals surface area (Å²) in [5, 5.41) is 3.95. The Labute approximate surface area is 116 Å². The van der Waals surface area contributed by atoms with Gasteiger partial charge < -0.3 is 4.52 Å². The molecular formula is C15H16F2N2O. The maximum absolute atomic E-state index is 13.1. The van der Waals surface area contributed by atoms with Crippen molar-refractivity contribution in [1.82, 2.24) is 10.1 Å². The molecule has 0 spiro atoms. The average Bonchev–Trinajstić information content (AvgIpc) is 2.89. The minimum atomic E-state index is -2.53. The van der Waals surface area contributed by atoms with Crippen LogP contribution in [0.15, 0.2) is 28.8 Å². The summed E-state index contributed by atoms with van der Waals surface area (Å²) < 4.78 is 31.5. The van der Waals surface area contributed by atoms with Crippen LogP contribution in [0.5, 0.6) is 0 Å². The van der Waals surface area contributed by atoms with Crippen LogP contribution in [-0.4, -0.2) is 16.1 Å². The van der Waals surface area contributed by atoms with Crippen LogP contribution in [-0.2, 0) is 0 Å². The molecule has 1 heterocycles. The molecule has 1 fully saturated rings. The van der Waals surface area contributed by atoms with E-state index in [-0.39, 0.29) is 18.8 Å². The van der Waals surface area contributed by atoms with E-state index in [0.717, 1.165) is 11.1 Å². The number of benzene rings is 1. The summed E-state index contributed by atoms with van der Waals surface area (Å²) in [5.74, 6) is -1.56. The molecule has 0 saturated heterocycles. The first kappa shape index (κ1) is 13.2. The lowest BCUT2D eigenvalue weighted by atomic mass is 9.87. The number of hydrogen-bond acceptors (Lipinski definition) is 3. The molecule has 1 aliphatic rings. The number of nitrogens with zero attached hydrogens (tertiary/aromatic N) is 2. The molecule has 3 nitrogen and oxygen atoms in total. The normalized spacial score (nSPS) is 19.1. The number of hydrogen-bond donors (Lipinski definition) is 0. The second kappa shape index (κ2) is 4.96. The number of rotatable bonds is 2. The molecule has 1 aromatic heterocycles. The van der Waals surface area contributed by atoms with Crippen LogP contribution in [0.4, 0.5) is 8.78 Å². The van der Waals surface area contributed by atoms with Crippen molar-refractivity contribution in [3.63, 3.8) is 0 Å². The van der Waals surface area contributed by atoms with Gasteiger partial charge in [0.2, 0.25) is 17.6 Å². The van der Waals surface area contributed by atoms with Crippen molar-refractivity contribution in [3.8, 4) is 11.4 Å². The van der Waals surface area contributed by atoms with Crippen LogP contribution in [0, 0.1) is 6.92 Å². The third-order valence-electron chi connectivity index (χ3n) is 3.82. The molecule has 0 N–H and O–H groups in total. The number of aryl methyl sites for hydroxylation is 1. The quantitative estimate of drug-likeness (QED) is 0.820. The van der Waals surface area contributed by atoms with E-state index in [1.54, 1.807) is 0 Å². The molecule has 1 saturated carbocycles. The van der Waals surface area contributed by atoms with Gasteiger partial charge in [-0.15, -0.1) is 0 Å². The summed E-state index contributed by atoms with van der Waals surface area (Å²) >= 11 is 0. The third-order valence-corrected chi connectivity index (χ3v) is 3.82. The van der Waals surface area contributed by atoms with Crippen LogP contribution in [0.25, 0.3) is 11.4 Å². The van der Waals surface area contributed by atoms with Crippen LogP contribution in [0.3, 0.4) is 0 Å². The van der Waals surface area contributed by atoms with Gasteiger partial charge in [-0.2, -0.15) is 4.98 Å². The summed E-state index contributed by atoms with van der Waals surface area (Å²) in [6.45, 7) is 2.01. The fourth-order valence-corrected chi connectivity index (χ4v) is 2.51. The predicted molar refractivity (Wildman–Crippen MR) is 70.6 cm³/mol. The maximum atomic E-state index is 13.1. The Morgan fingerprint density at radius 3 is 2.45 bits per heavy atom. The van der Waals surface area contributed by atoms with Gasteiger partial charge in [0.05, 0.1) is 0 Å². The summed E-state index contributed by atoms with van der Waals surface area (Å²) in [5.41, 5.74) is 2.04. The zero-order chi connectivity index (χ0) is 14.2. The summed E-state index contributed by atoms with van der Waals surface area (Å²) in [7, 11) is 0. The summed E-state index contributed by atoms with van der Waals surface area (Å²) in [4.78, 5) is 4.36. The highest BCUT2D eigenvalue weighted by molar-refractivity contribution is 5.54. The second-order valence-corrected chi connectivity index (χ2v) is 5.45. The largest absolute Gasteiger partial charge is 0.339 e. The predicted octanol–water partition coefficient (Wildman–Crippen LogP) is 4.34. The van der Waals surface area contributed by atoms with E-state index < -0.39 is 5.92 Å². The molecule has 0 radical (unpaired) electrons. The van der Waals surface area contributed by atoms with E-state index in [2.05, 4.69) is 10.1 Å². The molecule has 0 aliphatic heterocycles. The van der Waals surface area contributed by atoms with Gasteiger partial charge in [-0.3, -0.25) is 0 Å². The minimum absolute atomic E-state index is 0.0404. The topological polar surface area (TPSA) is 38.9 Å². The monoisotopic (exact) mass is 278 g/mol. The lowest BCUT2D eigenvalue weighted by molar-refractivity contribution is -0.0402. The van der Waals surface area contributed by atoms with Gasteiger partial charge in [-0.25, -0.2) is 8.78 Å². The Balaban J connectivity index is 1.76. The van der Waals surface area contributed by atoms with Crippen molar-refractivity contribution in [2.45, 2.75) is 44.4 Å². The van der Waals surface area contributed by atoms with Gasteiger partial charge in [0.15, 0.2) is 0 Å². The van der Waals surface area contributed by atoms with E-state index in [0.29, 0.717) is 24.6 Å². The zero-order valence-electron chi connectivity index (χ0n) is 11.3. The molecule has 5 heteroatoms. The Bertz CT molecular complexity index is 582. The molecule has 3 rings (SSSR count). The maximum Gasteiger partial charge on any atom is 0.248 e. The number of aromatic nitrogens is 2. The first-order chi connectivity index (χ1) is 9.53. The minimum Gasteiger partial charge on any atom is -0.339 e. The fraction of sp³-hybridized carbons (Fsp3) is 0.467. The smallest absolute Gasteiger partial charge is 0.248 e. The molecule has 0 bridgehead atoms. The SMILES string of the molecule is Cc1ccc(-c2noc(C3CCC(F)(F)CC3)n2)cc1. The number of halogens is 2. The van der Waals surface area contributed by atoms with Gasteiger partial charge in [-0.1, -0.05) is 35.0 Å². The Morgan fingerprint density at radius 1 is 1.15 bits per heavy atom. The molecule has 0 amide bonds. The lowest BCUT2D eigenvalue weighted by Gasteiger charge is -2.25. The van der Waals surface area contributed by atoms with E-state index >= 15 is 0 Å². The molecule has 1 aromatic carbocycles. The highest BCUT2D eigenvalue weighted by atomic mass is 19.3. The molecule has 2 aromatic rings. The van der Waals surface area contributed by atoms with Crippen molar-refractivity contribution in [2.24, 2.45) is 0 Å². The molecule has 0 unspecified atom stereocenters. The highest BCUT2D eigenvalue weighted by Gasteiger charge is 2.37. The number of alkyl halides is 2. The van der Waals surface area contributed by atoms with E-state index in [1.807, 2.05) is 31.2 Å². The Hall–Kier alpha value is -1.78. The van der Waals surface area contributed by atoms with Crippen molar-refractivity contribution < 1.29 is 13.3 Å². The van der Waals surface area contributed by atoms with Gasteiger partial charge in [-0.05, 0) is 19.8 Å². The fourth-order valence-electron chi connectivity index (χ4n) is 2.51. The molecule has 0 atom stereocenters. The van der Waals surface area contributed by atoms with Crippen molar-refractivity contribution in [3.05, 3.63) is 35.7 Å². The lowest BCUT2D eigenvalue weighted by Crippen LogP contribution is -2.23. The van der Waals surface area contributed by atoms with E-state index in [9.17, 15) is 8.78 Å². The highest BCUT2D eigenvalue weighted by Crippen LogP contribution is 2.40. The first-order valence-corrected chi connectivity index (χ1v) is 6.82. The van der Waals surface area contributed by atoms with Crippen LogP contribution >= 0.6 is 0 Å². The third kappa shape index (κ3) is 2.71. The van der Waals surface area contributed by atoms with Gasteiger partial charge in [0.25, 0.3) is 0 Å². The van der Waals surface area contributed by atoms with Crippen LogP contribution in [0.1, 0.15) is 43.1 Å². The summed E-state index contributed by atoms with van der Waals surface area (Å²) in [6.07, 6.45) is 0.616.